The standard InChI is InChI=1S/C21H29N5O2/c1-13-19-17(11-21(2,3)12-18(19)27)26(24-13)14-6-7-15(20(22)28)16(10-14)23-8-9-25(4)5/h6-7,10,23H,8-9,11-12H2,1-5H3,(H2,22,28). The lowest BCUT2D eigenvalue weighted by molar-refractivity contribution is 0.0909. The number of anilines is 1. The number of ketones is 1. The van der Waals surface area contributed by atoms with Crippen LogP contribution in [0.25, 0.3) is 5.69 Å². The van der Waals surface area contributed by atoms with Crippen LogP contribution < -0.4 is 11.1 Å². The van der Waals surface area contributed by atoms with Gasteiger partial charge in [0.1, 0.15) is 0 Å². The molecule has 0 saturated carbocycles. The number of carbonyl (C=O) groups excluding carboxylic acids is 2. The number of fused-ring (bicyclic) bond motifs is 1. The molecule has 3 N–H and O–H groups in total. The highest BCUT2D eigenvalue weighted by Crippen LogP contribution is 2.37. The number of aromatic nitrogens is 2. The van der Waals surface area contributed by atoms with Crippen molar-refractivity contribution in [1.82, 2.24) is 14.7 Å². The Hall–Kier alpha value is -2.67. The minimum Gasteiger partial charge on any atom is -0.383 e. The Bertz CT molecular complexity index is 927. The Balaban J connectivity index is 2.04. The normalized spacial score (nSPS) is 15.6. The van der Waals surface area contributed by atoms with E-state index in [1.165, 1.54) is 0 Å². The molecule has 0 saturated heterocycles. The summed E-state index contributed by atoms with van der Waals surface area (Å²) in [6.45, 7) is 7.58. The number of amides is 1. The number of Topliss-reactive ketones (excluding diaryl/α,β-unsaturated/α-hetero) is 1. The lowest BCUT2D eigenvalue weighted by Crippen LogP contribution is -2.28. The monoisotopic (exact) mass is 383 g/mol. The van der Waals surface area contributed by atoms with Crippen molar-refractivity contribution in [1.29, 1.82) is 0 Å². The molecule has 7 nitrogen and oxygen atoms in total. The molecule has 1 heterocycles. The summed E-state index contributed by atoms with van der Waals surface area (Å²) in [6, 6.07) is 5.43. The highest BCUT2D eigenvalue weighted by atomic mass is 16.1. The molecule has 1 amide bonds. The predicted molar refractivity (Wildman–Crippen MR) is 110 cm³/mol. The summed E-state index contributed by atoms with van der Waals surface area (Å²) in [5.74, 6) is -0.332. The molecule has 28 heavy (non-hydrogen) atoms. The summed E-state index contributed by atoms with van der Waals surface area (Å²) >= 11 is 0. The molecule has 150 valence electrons. The summed E-state index contributed by atoms with van der Waals surface area (Å²) in [5, 5.41) is 7.94. The number of benzene rings is 1. The van der Waals surface area contributed by atoms with Crippen LogP contribution in [-0.2, 0) is 6.42 Å². The van der Waals surface area contributed by atoms with Crippen molar-refractivity contribution in [3.63, 3.8) is 0 Å². The topological polar surface area (TPSA) is 93.2 Å². The highest BCUT2D eigenvalue weighted by Gasteiger charge is 2.35. The molecular weight excluding hydrogens is 354 g/mol. The van der Waals surface area contributed by atoms with E-state index in [0.717, 1.165) is 35.6 Å². The third-order valence-electron chi connectivity index (χ3n) is 5.11. The molecule has 0 aliphatic heterocycles. The first kappa shape index (κ1) is 20.1. The molecule has 3 rings (SSSR count). The molecule has 2 aromatic rings. The molecule has 1 aliphatic rings. The molecule has 1 aliphatic carbocycles. The SMILES string of the molecule is Cc1nn(-c2ccc(C(N)=O)c(NCCN(C)C)c2)c2c1C(=O)CC(C)(C)C2. The van der Waals surface area contributed by atoms with Crippen molar-refractivity contribution in [2.75, 3.05) is 32.5 Å². The number of aryl methyl sites for hydroxylation is 1. The number of hydrogen-bond acceptors (Lipinski definition) is 5. The second-order valence-corrected chi connectivity index (χ2v) is 8.58. The smallest absolute Gasteiger partial charge is 0.250 e. The molecular formula is C21H29N5O2. The minimum absolute atomic E-state index is 0.103. The fourth-order valence-electron chi connectivity index (χ4n) is 3.79. The summed E-state index contributed by atoms with van der Waals surface area (Å²) in [6.07, 6.45) is 1.31. The number of nitrogens with two attached hydrogens (primary N) is 1. The molecule has 1 aromatic carbocycles. The largest absolute Gasteiger partial charge is 0.383 e. The zero-order valence-electron chi connectivity index (χ0n) is 17.3. The zero-order chi connectivity index (χ0) is 20.6. The quantitative estimate of drug-likeness (QED) is 0.799. The first-order chi connectivity index (χ1) is 13.1. The van der Waals surface area contributed by atoms with Crippen LogP contribution in [-0.4, -0.2) is 53.6 Å². The second-order valence-electron chi connectivity index (χ2n) is 8.58. The summed E-state index contributed by atoms with van der Waals surface area (Å²) in [5.41, 5.74) is 9.79. The van der Waals surface area contributed by atoms with E-state index >= 15 is 0 Å². The third-order valence-corrected chi connectivity index (χ3v) is 5.11. The van der Waals surface area contributed by atoms with Crippen molar-refractivity contribution in [3.05, 3.63) is 40.7 Å². The van der Waals surface area contributed by atoms with Crippen LogP contribution in [0.15, 0.2) is 18.2 Å². The van der Waals surface area contributed by atoms with Crippen LogP contribution in [0, 0.1) is 12.3 Å². The lowest BCUT2D eigenvalue weighted by atomic mass is 9.75. The van der Waals surface area contributed by atoms with Crippen LogP contribution in [0.3, 0.4) is 0 Å². The van der Waals surface area contributed by atoms with Crippen molar-refractivity contribution in [2.45, 2.75) is 33.6 Å². The highest BCUT2D eigenvalue weighted by molar-refractivity contribution is 6.00. The van der Waals surface area contributed by atoms with Gasteiger partial charge in [0.25, 0.3) is 5.91 Å². The van der Waals surface area contributed by atoms with Gasteiger partial charge in [0.2, 0.25) is 0 Å². The maximum absolute atomic E-state index is 12.7. The summed E-state index contributed by atoms with van der Waals surface area (Å²) in [7, 11) is 3.98. The van der Waals surface area contributed by atoms with Gasteiger partial charge in [-0.15, -0.1) is 0 Å². The third kappa shape index (κ3) is 3.94. The number of rotatable bonds is 6. The Morgan fingerprint density at radius 3 is 2.68 bits per heavy atom. The average molecular weight is 383 g/mol. The van der Waals surface area contributed by atoms with E-state index in [2.05, 4.69) is 29.2 Å². The van der Waals surface area contributed by atoms with E-state index in [1.807, 2.05) is 37.8 Å². The van der Waals surface area contributed by atoms with Crippen LogP contribution in [0.4, 0.5) is 5.69 Å². The average Bonchev–Trinajstić information content (AvgIpc) is 2.89. The lowest BCUT2D eigenvalue weighted by Gasteiger charge is -2.29. The Morgan fingerprint density at radius 2 is 2.04 bits per heavy atom. The van der Waals surface area contributed by atoms with Gasteiger partial charge in [0.05, 0.1) is 28.2 Å². The fourth-order valence-corrected chi connectivity index (χ4v) is 3.79. The van der Waals surface area contributed by atoms with Crippen LogP contribution in [0.1, 0.15) is 52.4 Å². The van der Waals surface area contributed by atoms with E-state index in [1.54, 1.807) is 6.07 Å². The van der Waals surface area contributed by atoms with Crippen molar-refractivity contribution >= 4 is 17.4 Å². The summed E-state index contributed by atoms with van der Waals surface area (Å²) in [4.78, 5) is 26.5. The number of carbonyl (C=O) groups is 2. The van der Waals surface area contributed by atoms with Gasteiger partial charge in [-0.1, -0.05) is 13.8 Å². The number of hydrogen-bond donors (Lipinski definition) is 2. The molecule has 0 fully saturated rings. The van der Waals surface area contributed by atoms with Gasteiger partial charge in [-0.25, -0.2) is 4.68 Å². The Morgan fingerprint density at radius 1 is 1.32 bits per heavy atom. The Kier molecular flexibility index (Phi) is 5.30. The predicted octanol–water partition coefficient (Wildman–Crippen LogP) is 2.41. The van der Waals surface area contributed by atoms with Gasteiger partial charge in [0, 0.05) is 25.2 Å². The van der Waals surface area contributed by atoms with Crippen molar-refractivity contribution in [3.8, 4) is 5.69 Å². The molecule has 0 radical (unpaired) electrons. The van der Waals surface area contributed by atoms with Crippen LogP contribution >= 0.6 is 0 Å². The Labute approximate surface area is 165 Å². The van der Waals surface area contributed by atoms with E-state index in [9.17, 15) is 9.59 Å². The number of primary amides is 1. The van der Waals surface area contributed by atoms with E-state index in [4.69, 9.17) is 5.73 Å². The number of nitrogens with one attached hydrogen (secondary N) is 1. The van der Waals surface area contributed by atoms with E-state index < -0.39 is 5.91 Å². The molecule has 7 heteroatoms. The molecule has 0 unspecified atom stereocenters. The van der Waals surface area contributed by atoms with Crippen molar-refractivity contribution in [2.24, 2.45) is 11.1 Å². The molecule has 1 aromatic heterocycles. The number of likely N-dealkylation sites (N-methyl/N-ethyl adjacent to an activating group) is 1. The maximum atomic E-state index is 12.7. The first-order valence-electron chi connectivity index (χ1n) is 9.53. The molecule has 0 spiro atoms. The number of nitrogens with zero attached hydrogens (tertiary/aromatic N) is 3. The molecule has 0 bridgehead atoms. The van der Waals surface area contributed by atoms with Crippen LogP contribution in [0.2, 0.25) is 0 Å². The van der Waals surface area contributed by atoms with Gasteiger partial charge < -0.3 is 16.0 Å². The van der Waals surface area contributed by atoms with Gasteiger partial charge in [-0.3, -0.25) is 9.59 Å². The zero-order valence-corrected chi connectivity index (χ0v) is 17.3. The van der Waals surface area contributed by atoms with Crippen LogP contribution in [0.5, 0.6) is 0 Å². The maximum Gasteiger partial charge on any atom is 0.250 e. The van der Waals surface area contributed by atoms with E-state index in [0.29, 0.717) is 24.2 Å². The first-order valence-corrected chi connectivity index (χ1v) is 9.53. The molecule has 0 atom stereocenters. The van der Waals surface area contributed by atoms with Gasteiger partial charge >= 0.3 is 0 Å². The van der Waals surface area contributed by atoms with Crippen molar-refractivity contribution < 1.29 is 9.59 Å². The minimum atomic E-state index is -0.478. The van der Waals surface area contributed by atoms with Gasteiger partial charge in [0.15, 0.2) is 5.78 Å². The fraction of sp³-hybridized carbons (Fsp3) is 0.476. The van der Waals surface area contributed by atoms with E-state index in [-0.39, 0.29) is 11.2 Å². The second kappa shape index (κ2) is 7.39. The summed E-state index contributed by atoms with van der Waals surface area (Å²) < 4.78 is 1.84. The van der Waals surface area contributed by atoms with Gasteiger partial charge in [-0.2, -0.15) is 5.10 Å². The van der Waals surface area contributed by atoms with Gasteiger partial charge in [-0.05, 0) is 51.1 Å².